The Balaban J connectivity index is 1.66. The number of aromatic nitrogens is 1. The minimum Gasteiger partial charge on any atom is -0.460 e. The zero-order valence-electron chi connectivity index (χ0n) is 17.9. The zero-order valence-corrected chi connectivity index (χ0v) is 17.9. The molecule has 0 aliphatic carbocycles. The second kappa shape index (κ2) is 8.96. The van der Waals surface area contributed by atoms with Crippen molar-refractivity contribution in [2.75, 3.05) is 0 Å². The highest BCUT2D eigenvalue weighted by Gasteiger charge is 2.14. The summed E-state index contributed by atoms with van der Waals surface area (Å²) in [6, 6.07) is 21.5. The van der Waals surface area contributed by atoms with Crippen LogP contribution in [0.15, 0.2) is 76.2 Å². The molecule has 0 aliphatic heterocycles. The Morgan fingerprint density at radius 1 is 1.13 bits per heavy atom. The summed E-state index contributed by atoms with van der Waals surface area (Å²) < 4.78 is 5.44. The monoisotopic (exact) mass is 411 g/mol. The van der Waals surface area contributed by atoms with Crippen LogP contribution in [0.2, 0.25) is 0 Å². The van der Waals surface area contributed by atoms with Gasteiger partial charge in [0.05, 0.1) is 23.0 Å². The predicted octanol–water partition coefficient (Wildman–Crippen LogP) is 6.08. The van der Waals surface area contributed by atoms with E-state index < -0.39 is 0 Å². The number of pyridine rings is 1. The van der Waals surface area contributed by atoms with Gasteiger partial charge in [-0.2, -0.15) is 5.10 Å². The topological polar surface area (TPSA) is 67.5 Å². The molecular formula is C26H25N3O2. The number of benzene rings is 2. The van der Waals surface area contributed by atoms with Gasteiger partial charge in [0.15, 0.2) is 0 Å². The van der Waals surface area contributed by atoms with Crippen molar-refractivity contribution in [3.63, 3.8) is 0 Å². The molecule has 0 spiro atoms. The summed E-state index contributed by atoms with van der Waals surface area (Å²) in [6.45, 7) is 6.26. The van der Waals surface area contributed by atoms with Crippen LogP contribution in [0.3, 0.4) is 0 Å². The Morgan fingerprint density at radius 2 is 1.90 bits per heavy atom. The van der Waals surface area contributed by atoms with E-state index >= 15 is 0 Å². The standard InChI is InChI=1S/C26H25N3O2/c1-4-17(2)19-10-12-20(13-11-19)25-15-23(22-7-5-6-8-24(22)28-25)26(30)29-27-16-21-14-9-18(3)31-21/h5-17H,4H2,1-3H3,(H,29,30). The third-order valence-corrected chi connectivity index (χ3v) is 5.47. The first-order chi connectivity index (χ1) is 15.0. The van der Waals surface area contributed by atoms with Gasteiger partial charge in [-0.1, -0.05) is 56.3 Å². The molecule has 0 bridgehead atoms. The van der Waals surface area contributed by atoms with E-state index in [0.717, 1.165) is 34.3 Å². The number of furan rings is 1. The Hall–Kier alpha value is -3.73. The normalized spacial score (nSPS) is 12.4. The smallest absolute Gasteiger partial charge is 0.272 e. The summed E-state index contributed by atoms with van der Waals surface area (Å²) in [5.74, 6) is 1.59. The average molecular weight is 412 g/mol. The van der Waals surface area contributed by atoms with Crippen LogP contribution < -0.4 is 5.43 Å². The molecule has 1 N–H and O–H groups in total. The highest BCUT2D eigenvalue weighted by Crippen LogP contribution is 2.27. The second-order valence-electron chi connectivity index (χ2n) is 7.65. The number of hydrazone groups is 1. The van der Waals surface area contributed by atoms with E-state index in [0.29, 0.717) is 17.2 Å². The Bertz CT molecular complexity index is 1240. The number of hydrogen-bond donors (Lipinski definition) is 1. The maximum atomic E-state index is 12.9. The average Bonchev–Trinajstić information content (AvgIpc) is 3.22. The Kier molecular flexibility index (Phi) is 5.94. The van der Waals surface area contributed by atoms with E-state index in [1.807, 2.05) is 43.3 Å². The van der Waals surface area contributed by atoms with Gasteiger partial charge in [0, 0.05) is 10.9 Å². The number of hydrogen-bond acceptors (Lipinski definition) is 4. The molecular weight excluding hydrogens is 386 g/mol. The van der Waals surface area contributed by atoms with Crippen LogP contribution in [0.4, 0.5) is 0 Å². The van der Waals surface area contributed by atoms with Crippen molar-refractivity contribution in [1.29, 1.82) is 0 Å². The molecule has 0 aliphatic rings. The second-order valence-corrected chi connectivity index (χ2v) is 7.65. The molecule has 2 heterocycles. The number of para-hydroxylation sites is 1. The molecule has 0 saturated heterocycles. The molecule has 4 rings (SSSR count). The van der Waals surface area contributed by atoms with E-state index in [1.54, 1.807) is 6.07 Å². The van der Waals surface area contributed by atoms with Gasteiger partial charge in [0.2, 0.25) is 0 Å². The van der Waals surface area contributed by atoms with E-state index in [1.165, 1.54) is 11.8 Å². The van der Waals surface area contributed by atoms with Gasteiger partial charge < -0.3 is 4.42 Å². The van der Waals surface area contributed by atoms with Crippen molar-refractivity contribution in [2.45, 2.75) is 33.1 Å². The first-order valence-corrected chi connectivity index (χ1v) is 10.4. The summed E-state index contributed by atoms with van der Waals surface area (Å²) >= 11 is 0. The summed E-state index contributed by atoms with van der Waals surface area (Å²) in [6.07, 6.45) is 2.58. The third kappa shape index (κ3) is 4.56. The van der Waals surface area contributed by atoms with Crippen molar-refractivity contribution in [1.82, 2.24) is 10.4 Å². The quantitative estimate of drug-likeness (QED) is 0.309. The lowest BCUT2D eigenvalue weighted by Crippen LogP contribution is -2.18. The van der Waals surface area contributed by atoms with Crippen molar-refractivity contribution >= 4 is 23.0 Å². The van der Waals surface area contributed by atoms with Gasteiger partial charge in [-0.25, -0.2) is 10.4 Å². The SMILES string of the molecule is CCC(C)c1ccc(-c2cc(C(=O)NN=Cc3ccc(C)o3)c3ccccc3n2)cc1. The number of aryl methyl sites for hydroxylation is 1. The molecule has 1 amide bonds. The Labute approximate surface area is 181 Å². The van der Waals surface area contributed by atoms with Crippen LogP contribution in [-0.2, 0) is 0 Å². The van der Waals surface area contributed by atoms with Gasteiger partial charge in [-0.05, 0) is 49.1 Å². The van der Waals surface area contributed by atoms with Gasteiger partial charge in [-0.3, -0.25) is 4.79 Å². The number of amides is 1. The van der Waals surface area contributed by atoms with Crippen LogP contribution in [0.1, 0.15) is 53.6 Å². The first kappa shape index (κ1) is 20.5. The van der Waals surface area contributed by atoms with E-state index in [9.17, 15) is 4.79 Å². The van der Waals surface area contributed by atoms with E-state index in [2.05, 4.69) is 48.6 Å². The molecule has 2 aromatic heterocycles. The Morgan fingerprint density at radius 3 is 2.61 bits per heavy atom. The molecule has 2 aromatic carbocycles. The van der Waals surface area contributed by atoms with Gasteiger partial charge in [-0.15, -0.1) is 0 Å². The van der Waals surface area contributed by atoms with E-state index in [4.69, 9.17) is 9.40 Å². The summed E-state index contributed by atoms with van der Waals surface area (Å²) in [4.78, 5) is 17.7. The molecule has 5 nitrogen and oxygen atoms in total. The van der Waals surface area contributed by atoms with Crippen molar-refractivity contribution in [2.24, 2.45) is 5.10 Å². The number of fused-ring (bicyclic) bond motifs is 1. The van der Waals surface area contributed by atoms with Crippen LogP contribution in [0.25, 0.3) is 22.2 Å². The van der Waals surface area contributed by atoms with E-state index in [-0.39, 0.29) is 5.91 Å². The molecule has 0 radical (unpaired) electrons. The van der Waals surface area contributed by atoms with Crippen molar-refractivity contribution in [3.05, 3.63) is 89.4 Å². The maximum absolute atomic E-state index is 12.9. The lowest BCUT2D eigenvalue weighted by Gasteiger charge is -2.11. The van der Waals surface area contributed by atoms with Gasteiger partial charge in [0.1, 0.15) is 11.5 Å². The zero-order chi connectivity index (χ0) is 21.8. The minimum absolute atomic E-state index is 0.296. The molecule has 0 fully saturated rings. The highest BCUT2D eigenvalue weighted by molar-refractivity contribution is 6.07. The largest absolute Gasteiger partial charge is 0.460 e. The minimum atomic E-state index is -0.296. The van der Waals surface area contributed by atoms with Crippen LogP contribution in [0, 0.1) is 6.92 Å². The number of nitrogens with one attached hydrogen (secondary N) is 1. The maximum Gasteiger partial charge on any atom is 0.272 e. The van der Waals surface area contributed by atoms with Crippen molar-refractivity contribution in [3.8, 4) is 11.3 Å². The number of carbonyl (C=O) groups is 1. The van der Waals surface area contributed by atoms with Crippen LogP contribution in [0.5, 0.6) is 0 Å². The summed E-state index contributed by atoms with van der Waals surface area (Å²) in [5.41, 5.74) is 6.92. The molecule has 1 atom stereocenters. The van der Waals surface area contributed by atoms with Gasteiger partial charge in [0.25, 0.3) is 5.91 Å². The summed E-state index contributed by atoms with van der Waals surface area (Å²) in [7, 11) is 0. The first-order valence-electron chi connectivity index (χ1n) is 10.4. The molecule has 1 unspecified atom stereocenters. The molecule has 4 aromatic rings. The molecule has 31 heavy (non-hydrogen) atoms. The molecule has 5 heteroatoms. The fourth-order valence-corrected chi connectivity index (χ4v) is 3.47. The summed E-state index contributed by atoms with van der Waals surface area (Å²) in [5, 5.41) is 4.82. The van der Waals surface area contributed by atoms with Crippen LogP contribution in [-0.4, -0.2) is 17.1 Å². The van der Waals surface area contributed by atoms with Crippen molar-refractivity contribution < 1.29 is 9.21 Å². The number of nitrogens with zero attached hydrogens (tertiary/aromatic N) is 2. The predicted molar refractivity (Wildman–Crippen MR) is 124 cm³/mol. The lowest BCUT2D eigenvalue weighted by molar-refractivity contribution is 0.0956. The highest BCUT2D eigenvalue weighted by atomic mass is 16.3. The lowest BCUT2D eigenvalue weighted by atomic mass is 9.96. The fourth-order valence-electron chi connectivity index (χ4n) is 3.47. The van der Waals surface area contributed by atoms with Gasteiger partial charge >= 0.3 is 0 Å². The molecule has 0 saturated carbocycles. The number of rotatable bonds is 6. The number of carbonyl (C=O) groups excluding carboxylic acids is 1. The third-order valence-electron chi connectivity index (χ3n) is 5.47. The van der Waals surface area contributed by atoms with Crippen LogP contribution >= 0.6 is 0 Å². The molecule has 156 valence electrons. The fraction of sp³-hybridized carbons (Fsp3) is 0.192.